The van der Waals surface area contributed by atoms with E-state index in [1.54, 1.807) is 0 Å². The molecule has 7 unspecified atom stereocenters. The monoisotopic (exact) mass is 469 g/mol. The highest BCUT2D eigenvalue weighted by molar-refractivity contribution is 6.32. The number of aromatic hydroxyl groups is 1. The molecule has 10 nitrogen and oxygen atoms in total. The molecule has 34 heavy (non-hydrogen) atoms. The predicted octanol–water partition coefficient (Wildman–Crippen LogP) is -0.969. The number of aliphatic hydroxyl groups is 1. The van der Waals surface area contributed by atoms with Crippen molar-refractivity contribution >= 4 is 29.0 Å². The van der Waals surface area contributed by atoms with Crippen molar-refractivity contribution in [1.29, 1.82) is 0 Å². The maximum atomic E-state index is 13.5. The number of hydrogen-bond donors (Lipinski definition) is 4. The first kappa shape index (κ1) is 22.8. The highest BCUT2D eigenvalue weighted by atomic mass is 16.3. The Bertz CT molecular complexity index is 1160. The first-order chi connectivity index (χ1) is 16.0. The number of phenols is 1. The van der Waals surface area contributed by atoms with Crippen LogP contribution in [0.3, 0.4) is 0 Å². The average molecular weight is 469 g/mol. The van der Waals surface area contributed by atoms with Crippen LogP contribution in [0.25, 0.3) is 0 Å². The van der Waals surface area contributed by atoms with Gasteiger partial charge in [0.05, 0.1) is 17.5 Å². The Morgan fingerprint density at radius 1 is 1.18 bits per heavy atom. The molecule has 2 saturated carbocycles. The Hall–Kier alpha value is -2.95. The highest BCUT2D eigenvalue weighted by Gasteiger charge is 2.68. The lowest BCUT2D eigenvalue weighted by Gasteiger charge is -2.50. The number of fused-ring (bicyclic) bond motifs is 3. The minimum Gasteiger partial charge on any atom is -0.507 e. The fraction of sp³-hybridized carbons (Fsp3) is 0.542. The van der Waals surface area contributed by atoms with Crippen LogP contribution >= 0.6 is 0 Å². The summed E-state index contributed by atoms with van der Waals surface area (Å²) in [5.41, 5.74) is 9.93. The van der Waals surface area contributed by atoms with Crippen molar-refractivity contribution in [3.63, 3.8) is 0 Å². The third-order valence-electron chi connectivity index (χ3n) is 8.33. The van der Waals surface area contributed by atoms with Gasteiger partial charge in [-0.1, -0.05) is 6.07 Å². The van der Waals surface area contributed by atoms with Gasteiger partial charge in [0, 0.05) is 12.0 Å². The maximum absolute atomic E-state index is 13.5. The van der Waals surface area contributed by atoms with Crippen molar-refractivity contribution < 1.29 is 34.2 Å². The van der Waals surface area contributed by atoms with Crippen LogP contribution in [0.1, 0.15) is 46.8 Å². The number of ketones is 4. The van der Waals surface area contributed by atoms with E-state index in [4.69, 9.17) is 11.5 Å². The van der Waals surface area contributed by atoms with Crippen molar-refractivity contribution in [2.75, 3.05) is 13.6 Å². The van der Waals surface area contributed by atoms with Gasteiger partial charge in [-0.25, -0.2) is 0 Å². The lowest BCUT2D eigenvalue weighted by Crippen LogP contribution is -2.73. The molecule has 1 heterocycles. The number of amides is 1. The first-order valence-corrected chi connectivity index (χ1v) is 11.5. The van der Waals surface area contributed by atoms with Crippen LogP contribution in [-0.2, 0) is 25.6 Å². The summed E-state index contributed by atoms with van der Waals surface area (Å²) in [4.78, 5) is 66.5. The second-order valence-corrected chi connectivity index (χ2v) is 10.1. The Kier molecular flexibility index (Phi) is 5.05. The molecule has 0 radical (unpaired) electrons. The topological polar surface area (TPSA) is 181 Å². The van der Waals surface area contributed by atoms with Crippen LogP contribution in [0.15, 0.2) is 12.1 Å². The standard InChI is InChI=1S/C24H27N3O7/c1-27-4-2-3-13(27)9-5-10-6-11-7-12-18(25)20(30)17(23(26)33)22(32)24(12,34)21(31)16(11)19(29)15(10)14(28)8-9/h5,8,11-13,16-18,28,34H,2-4,6-7,25H2,1H3,(H2,26,33). The van der Waals surface area contributed by atoms with Gasteiger partial charge in [-0.15, -0.1) is 0 Å². The second-order valence-electron chi connectivity index (χ2n) is 10.1. The van der Waals surface area contributed by atoms with E-state index in [2.05, 4.69) is 4.90 Å². The summed E-state index contributed by atoms with van der Waals surface area (Å²) in [7, 11) is 1.99. The van der Waals surface area contributed by atoms with E-state index in [0.717, 1.165) is 24.9 Å². The molecule has 1 aromatic carbocycles. The van der Waals surface area contributed by atoms with Gasteiger partial charge < -0.3 is 21.7 Å². The average Bonchev–Trinajstić information content (AvgIpc) is 3.19. The van der Waals surface area contributed by atoms with Gasteiger partial charge in [-0.2, -0.15) is 0 Å². The summed E-state index contributed by atoms with van der Waals surface area (Å²) in [5, 5.41) is 22.0. The fourth-order valence-electron chi connectivity index (χ4n) is 6.64. The number of phenolic OH excluding ortho intramolecular Hbond substituents is 1. The van der Waals surface area contributed by atoms with Gasteiger partial charge in [0.2, 0.25) is 5.91 Å². The molecule has 0 aromatic heterocycles. The number of Topliss-reactive ketones (excluding diaryl/α,β-unsaturated/α-hetero) is 4. The number of rotatable bonds is 2. The van der Waals surface area contributed by atoms with E-state index in [0.29, 0.717) is 5.56 Å². The summed E-state index contributed by atoms with van der Waals surface area (Å²) >= 11 is 0. The summed E-state index contributed by atoms with van der Waals surface area (Å²) in [6.07, 6.45) is 2.15. The summed E-state index contributed by atoms with van der Waals surface area (Å²) in [5.74, 6) is -10.8. The molecule has 0 spiro atoms. The normalized spacial score (nSPS) is 37.9. The number of likely N-dealkylation sites (tertiary alicyclic amines) is 1. The van der Waals surface area contributed by atoms with Gasteiger partial charge in [-0.05, 0) is 62.4 Å². The van der Waals surface area contributed by atoms with E-state index < -0.39 is 64.4 Å². The smallest absolute Gasteiger partial charge is 0.235 e. The van der Waals surface area contributed by atoms with Gasteiger partial charge in [-0.3, -0.25) is 28.9 Å². The molecular formula is C24H27N3O7. The van der Waals surface area contributed by atoms with Gasteiger partial charge in [0.25, 0.3) is 0 Å². The van der Waals surface area contributed by atoms with E-state index in [-0.39, 0.29) is 30.2 Å². The third-order valence-corrected chi connectivity index (χ3v) is 8.33. The lowest BCUT2D eigenvalue weighted by atomic mass is 9.52. The number of nitrogens with zero attached hydrogens (tertiary/aromatic N) is 1. The zero-order valence-electron chi connectivity index (χ0n) is 18.7. The van der Waals surface area contributed by atoms with Gasteiger partial charge in [0.15, 0.2) is 34.7 Å². The molecule has 7 atom stereocenters. The Morgan fingerprint density at radius 3 is 2.50 bits per heavy atom. The van der Waals surface area contributed by atoms with Crippen LogP contribution in [0.5, 0.6) is 5.75 Å². The number of carbonyl (C=O) groups is 5. The molecule has 10 heteroatoms. The number of nitrogens with two attached hydrogens (primary N) is 2. The summed E-state index contributed by atoms with van der Waals surface area (Å²) in [6, 6.07) is 2.07. The van der Waals surface area contributed by atoms with Crippen molar-refractivity contribution in [3.05, 3.63) is 28.8 Å². The minimum absolute atomic E-state index is 0.0103. The quantitative estimate of drug-likeness (QED) is 0.396. The van der Waals surface area contributed by atoms with Crippen molar-refractivity contribution in [2.45, 2.75) is 43.4 Å². The minimum atomic E-state index is -2.76. The molecule has 180 valence electrons. The van der Waals surface area contributed by atoms with Crippen LogP contribution in [0.2, 0.25) is 0 Å². The van der Waals surface area contributed by atoms with Crippen molar-refractivity contribution in [3.8, 4) is 5.75 Å². The van der Waals surface area contributed by atoms with Gasteiger partial charge >= 0.3 is 0 Å². The molecular weight excluding hydrogens is 442 g/mol. The second kappa shape index (κ2) is 7.53. The molecule has 1 amide bonds. The largest absolute Gasteiger partial charge is 0.507 e. The Morgan fingerprint density at radius 2 is 1.88 bits per heavy atom. The fourth-order valence-corrected chi connectivity index (χ4v) is 6.64. The van der Waals surface area contributed by atoms with Gasteiger partial charge in [0.1, 0.15) is 5.75 Å². The number of primary amides is 1. The van der Waals surface area contributed by atoms with Crippen molar-refractivity contribution in [2.24, 2.45) is 35.1 Å². The summed E-state index contributed by atoms with van der Waals surface area (Å²) < 4.78 is 0. The van der Waals surface area contributed by atoms with E-state index in [9.17, 15) is 34.2 Å². The van der Waals surface area contributed by atoms with Crippen LogP contribution in [0, 0.1) is 23.7 Å². The molecule has 5 rings (SSSR count). The molecule has 1 aliphatic heterocycles. The highest BCUT2D eigenvalue weighted by Crippen LogP contribution is 2.50. The molecule has 1 aromatic rings. The summed E-state index contributed by atoms with van der Waals surface area (Å²) in [6.45, 7) is 0.924. The number of carbonyl (C=O) groups excluding carboxylic acids is 5. The molecule has 3 aliphatic carbocycles. The van der Waals surface area contributed by atoms with E-state index >= 15 is 0 Å². The Labute approximate surface area is 195 Å². The molecule has 6 N–H and O–H groups in total. The SMILES string of the molecule is CN1CCCC1c1cc(O)c2c(c1)CC1CC3C(N)C(=O)C(C(N)=O)C(=O)C3(O)C(=O)C1C2=O. The zero-order chi connectivity index (χ0) is 24.7. The number of hydrogen-bond acceptors (Lipinski definition) is 9. The van der Waals surface area contributed by atoms with Crippen LogP contribution in [0.4, 0.5) is 0 Å². The maximum Gasteiger partial charge on any atom is 0.235 e. The van der Waals surface area contributed by atoms with Crippen molar-refractivity contribution in [1.82, 2.24) is 4.90 Å². The predicted molar refractivity (Wildman–Crippen MR) is 116 cm³/mol. The third kappa shape index (κ3) is 2.88. The Balaban J connectivity index is 1.57. The number of benzene rings is 1. The van der Waals surface area contributed by atoms with E-state index in [1.165, 1.54) is 6.07 Å². The first-order valence-electron chi connectivity index (χ1n) is 11.5. The van der Waals surface area contributed by atoms with Crippen LogP contribution in [-0.4, -0.2) is 69.4 Å². The molecule has 4 aliphatic rings. The molecule has 0 bridgehead atoms. The molecule has 1 saturated heterocycles. The lowest BCUT2D eigenvalue weighted by molar-refractivity contribution is -0.177. The molecule has 3 fully saturated rings. The zero-order valence-corrected chi connectivity index (χ0v) is 18.7. The van der Waals surface area contributed by atoms with Crippen LogP contribution < -0.4 is 11.5 Å². The van der Waals surface area contributed by atoms with E-state index in [1.807, 2.05) is 13.1 Å².